The Bertz CT molecular complexity index is 1300. The Hall–Kier alpha value is -3.54. The van der Waals surface area contributed by atoms with Crippen LogP contribution in [-0.4, -0.2) is 29.1 Å². The molecular formula is C21H18N6. The number of hydrogen-bond donors (Lipinski definition) is 0. The lowest BCUT2D eigenvalue weighted by atomic mass is 10.1. The highest BCUT2D eigenvalue weighted by Crippen LogP contribution is 2.30. The minimum atomic E-state index is 0.716. The van der Waals surface area contributed by atoms with Crippen LogP contribution in [0.3, 0.4) is 0 Å². The van der Waals surface area contributed by atoms with Crippen LogP contribution in [0, 0.1) is 20.8 Å². The molecule has 6 heteroatoms. The lowest BCUT2D eigenvalue weighted by molar-refractivity contribution is 0.925. The van der Waals surface area contributed by atoms with Crippen molar-refractivity contribution in [2.24, 2.45) is 0 Å². The summed E-state index contributed by atoms with van der Waals surface area (Å²) in [7, 11) is 0. The number of fused-ring (bicyclic) bond motifs is 3. The number of benzene rings is 1. The molecule has 0 aliphatic carbocycles. The minimum absolute atomic E-state index is 0.716. The van der Waals surface area contributed by atoms with Crippen LogP contribution in [0.2, 0.25) is 0 Å². The van der Waals surface area contributed by atoms with Gasteiger partial charge in [0.15, 0.2) is 17.1 Å². The highest BCUT2D eigenvalue weighted by atomic mass is 15.3. The van der Waals surface area contributed by atoms with E-state index < -0.39 is 0 Å². The van der Waals surface area contributed by atoms with E-state index in [9.17, 15) is 0 Å². The fourth-order valence-electron chi connectivity index (χ4n) is 3.60. The van der Waals surface area contributed by atoms with Gasteiger partial charge in [0.1, 0.15) is 6.33 Å². The third kappa shape index (κ3) is 2.26. The predicted molar refractivity (Wildman–Crippen MR) is 105 cm³/mol. The molecule has 5 aromatic rings. The van der Waals surface area contributed by atoms with Gasteiger partial charge in [0.25, 0.3) is 0 Å². The van der Waals surface area contributed by atoms with Gasteiger partial charge in [-0.25, -0.2) is 14.5 Å². The first-order valence-corrected chi connectivity index (χ1v) is 8.84. The molecule has 0 amide bonds. The van der Waals surface area contributed by atoms with E-state index in [4.69, 9.17) is 9.97 Å². The molecule has 4 aromatic heterocycles. The molecule has 5 rings (SSSR count). The molecular weight excluding hydrogens is 336 g/mol. The maximum Gasteiger partial charge on any atom is 0.182 e. The van der Waals surface area contributed by atoms with Crippen molar-refractivity contribution in [3.8, 4) is 17.1 Å². The quantitative estimate of drug-likeness (QED) is 0.480. The van der Waals surface area contributed by atoms with Gasteiger partial charge in [0.2, 0.25) is 0 Å². The number of pyridine rings is 1. The summed E-state index contributed by atoms with van der Waals surface area (Å²) in [6, 6.07) is 12.1. The monoisotopic (exact) mass is 354 g/mol. The zero-order chi connectivity index (χ0) is 18.5. The van der Waals surface area contributed by atoms with Crippen LogP contribution in [-0.2, 0) is 0 Å². The molecule has 4 heterocycles. The Morgan fingerprint density at radius 3 is 2.56 bits per heavy atom. The van der Waals surface area contributed by atoms with Crippen LogP contribution in [0.1, 0.15) is 16.8 Å². The topological polar surface area (TPSA) is 60.9 Å². The van der Waals surface area contributed by atoms with Crippen molar-refractivity contribution in [1.29, 1.82) is 0 Å². The molecule has 132 valence electrons. The summed E-state index contributed by atoms with van der Waals surface area (Å²) >= 11 is 0. The van der Waals surface area contributed by atoms with Crippen LogP contribution in [0.5, 0.6) is 0 Å². The normalized spacial score (nSPS) is 11.5. The standard InChI is InChI=1S/C21H18N6/c1-13-7-4-5-9-17(13)19-24-21-18-14(2)15(3)27(16-8-6-10-22-11-16)20(18)23-12-26(21)25-19/h4-12H,1-3H3. The molecule has 0 aliphatic rings. The van der Waals surface area contributed by atoms with Gasteiger partial charge in [0, 0.05) is 17.5 Å². The number of hydrogen-bond acceptors (Lipinski definition) is 4. The second kappa shape index (κ2) is 5.74. The summed E-state index contributed by atoms with van der Waals surface area (Å²) in [6.45, 7) is 6.27. The largest absolute Gasteiger partial charge is 0.297 e. The molecule has 0 atom stereocenters. The minimum Gasteiger partial charge on any atom is -0.297 e. The number of nitrogens with zero attached hydrogens (tertiary/aromatic N) is 6. The maximum atomic E-state index is 4.86. The third-order valence-corrected chi connectivity index (χ3v) is 5.12. The first-order chi connectivity index (χ1) is 13.1. The molecule has 0 aliphatic heterocycles. The van der Waals surface area contributed by atoms with Crippen LogP contribution in [0.4, 0.5) is 0 Å². The van der Waals surface area contributed by atoms with Crippen molar-refractivity contribution in [2.45, 2.75) is 20.8 Å². The summed E-state index contributed by atoms with van der Waals surface area (Å²) in [5.41, 5.74) is 7.14. The van der Waals surface area contributed by atoms with Crippen molar-refractivity contribution in [3.63, 3.8) is 0 Å². The highest BCUT2D eigenvalue weighted by molar-refractivity contribution is 5.95. The molecule has 0 fully saturated rings. The summed E-state index contributed by atoms with van der Waals surface area (Å²) in [5, 5.41) is 5.69. The first-order valence-electron chi connectivity index (χ1n) is 8.84. The second-order valence-electron chi connectivity index (χ2n) is 6.72. The molecule has 0 N–H and O–H groups in total. The van der Waals surface area contributed by atoms with Gasteiger partial charge in [-0.2, -0.15) is 0 Å². The zero-order valence-electron chi connectivity index (χ0n) is 15.4. The lowest BCUT2D eigenvalue weighted by Crippen LogP contribution is -1.99. The van der Waals surface area contributed by atoms with Crippen molar-refractivity contribution in [1.82, 2.24) is 29.1 Å². The molecule has 0 saturated carbocycles. The summed E-state index contributed by atoms with van der Waals surface area (Å²) in [6.07, 6.45) is 5.36. The molecule has 0 unspecified atom stereocenters. The van der Waals surface area contributed by atoms with Crippen LogP contribution < -0.4 is 0 Å². The Labute approximate surface area is 156 Å². The van der Waals surface area contributed by atoms with Gasteiger partial charge in [-0.1, -0.05) is 24.3 Å². The summed E-state index contributed by atoms with van der Waals surface area (Å²) < 4.78 is 3.89. The van der Waals surface area contributed by atoms with Crippen molar-refractivity contribution in [2.75, 3.05) is 0 Å². The van der Waals surface area contributed by atoms with E-state index in [1.807, 2.05) is 36.5 Å². The van der Waals surface area contributed by atoms with E-state index in [0.29, 0.717) is 5.82 Å². The Morgan fingerprint density at radius 2 is 1.78 bits per heavy atom. The highest BCUT2D eigenvalue weighted by Gasteiger charge is 2.19. The molecule has 27 heavy (non-hydrogen) atoms. The van der Waals surface area contributed by atoms with Crippen molar-refractivity contribution >= 4 is 16.7 Å². The lowest BCUT2D eigenvalue weighted by Gasteiger charge is -2.06. The second-order valence-corrected chi connectivity index (χ2v) is 6.72. The van der Waals surface area contributed by atoms with Gasteiger partial charge in [-0.3, -0.25) is 9.55 Å². The summed E-state index contributed by atoms with van der Waals surface area (Å²) in [4.78, 5) is 13.8. The van der Waals surface area contributed by atoms with E-state index >= 15 is 0 Å². The fraction of sp³-hybridized carbons (Fsp3) is 0.143. The Balaban J connectivity index is 1.83. The SMILES string of the molecule is Cc1ccccc1-c1nc2c3c(C)c(C)n(-c4cccnc4)c3ncn2n1. The first kappa shape index (κ1) is 15.7. The van der Waals surface area contributed by atoms with Gasteiger partial charge in [0.05, 0.1) is 17.3 Å². The smallest absolute Gasteiger partial charge is 0.182 e. The number of aryl methyl sites for hydroxylation is 2. The number of rotatable bonds is 2. The average Bonchev–Trinajstić information content (AvgIpc) is 3.22. The molecule has 0 spiro atoms. The average molecular weight is 354 g/mol. The molecule has 0 bridgehead atoms. The predicted octanol–water partition coefficient (Wildman–Crippen LogP) is 4.06. The Kier molecular flexibility index (Phi) is 3.33. The van der Waals surface area contributed by atoms with Crippen LogP contribution in [0.15, 0.2) is 55.1 Å². The van der Waals surface area contributed by atoms with E-state index in [0.717, 1.165) is 44.8 Å². The van der Waals surface area contributed by atoms with Crippen molar-refractivity contribution in [3.05, 3.63) is 71.9 Å². The molecule has 0 saturated heterocycles. The van der Waals surface area contributed by atoms with Gasteiger partial charge in [-0.15, -0.1) is 5.10 Å². The summed E-state index contributed by atoms with van der Waals surface area (Å²) in [5.74, 6) is 0.716. The van der Waals surface area contributed by atoms with Gasteiger partial charge >= 0.3 is 0 Å². The molecule has 6 nitrogen and oxygen atoms in total. The van der Waals surface area contributed by atoms with Crippen LogP contribution in [0.25, 0.3) is 33.8 Å². The van der Waals surface area contributed by atoms with E-state index in [-0.39, 0.29) is 0 Å². The van der Waals surface area contributed by atoms with Gasteiger partial charge < -0.3 is 0 Å². The molecule has 1 aromatic carbocycles. The van der Waals surface area contributed by atoms with E-state index in [1.54, 1.807) is 17.0 Å². The van der Waals surface area contributed by atoms with Crippen LogP contribution >= 0.6 is 0 Å². The molecule has 0 radical (unpaired) electrons. The Morgan fingerprint density at radius 1 is 0.926 bits per heavy atom. The van der Waals surface area contributed by atoms with E-state index in [1.165, 1.54) is 0 Å². The number of aromatic nitrogens is 6. The third-order valence-electron chi connectivity index (χ3n) is 5.12. The maximum absolute atomic E-state index is 4.86. The zero-order valence-corrected chi connectivity index (χ0v) is 15.4. The van der Waals surface area contributed by atoms with Crippen molar-refractivity contribution < 1.29 is 0 Å². The fourth-order valence-corrected chi connectivity index (χ4v) is 3.60. The van der Waals surface area contributed by atoms with E-state index in [2.05, 4.69) is 41.5 Å². The van der Waals surface area contributed by atoms with Gasteiger partial charge in [-0.05, 0) is 44.0 Å².